The molecule has 0 saturated heterocycles. The minimum atomic E-state index is -0.661. The summed E-state index contributed by atoms with van der Waals surface area (Å²) in [5.41, 5.74) is 0. The third-order valence-corrected chi connectivity index (χ3v) is 16.0. The van der Waals surface area contributed by atoms with Crippen molar-refractivity contribution in [3.63, 3.8) is 0 Å². The van der Waals surface area contributed by atoms with Crippen LogP contribution in [0, 0.1) is 0 Å². The number of carbonyl (C=O) groups is 2. The number of carbonyl (C=O) groups excluding carboxylic acids is 2. The van der Waals surface area contributed by atoms with Crippen molar-refractivity contribution in [3.8, 4) is 0 Å². The Morgan fingerprint density at radius 3 is 0.947 bits per heavy atom. The summed E-state index contributed by atoms with van der Waals surface area (Å²) in [6.07, 6.45) is 80.9. The molecule has 75 heavy (non-hydrogen) atoms. The number of aliphatic hydroxyl groups excluding tert-OH is 2. The number of allylic oxidation sites excluding steroid dienone is 4. The van der Waals surface area contributed by atoms with Crippen LogP contribution < -0.4 is 5.32 Å². The number of ether oxygens (including phenoxy) is 1. The van der Waals surface area contributed by atoms with Gasteiger partial charge >= 0.3 is 5.97 Å². The fraction of sp³-hybridized carbons (Fsp3) is 0.913. The first-order valence-electron chi connectivity index (χ1n) is 34.1. The summed E-state index contributed by atoms with van der Waals surface area (Å²) in [5.74, 6) is -0.0215. The Hall–Kier alpha value is -1.66. The van der Waals surface area contributed by atoms with Crippen LogP contribution in [0.15, 0.2) is 24.3 Å². The van der Waals surface area contributed by atoms with Crippen LogP contribution in [0.25, 0.3) is 0 Å². The molecule has 0 saturated carbocycles. The van der Waals surface area contributed by atoms with Crippen LogP contribution in [0.3, 0.4) is 0 Å². The number of esters is 1. The molecule has 0 aliphatic carbocycles. The SMILES string of the molecule is CCCCCCCCC/C=C\CCCCCCCC(=O)OCCCCCCCCCCCCCC/C=C\CCCCCCCCCCCCCCCCCC(=O)NC(CO)C(O)CCCCCCCCCCCCC. The molecule has 0 radical (unpaired) electrons. The zero-order valence-electron chi connectivity index (χ0n) is 50.8. The molecule has 6 nitrogen and oxygen atoms in total. The number of unbranched alkanes of at least 4 members (excludes halogenated alkanes) is 49. The number of nitrogens with one attached hydrogen (secondary N) is 1. The molecule has 0 fully saturated rings. The minimum Gasteiger partial charge on any atom is -0.466 e. The normalized spacial score (nSPS) is 12.6. The van der Waals surface area contributed by atoms with Crippen LogP contribution >= 0.6 is 0 Å². The highest BCUT2D eigenvalue weighted by Gasteiger charge is 2.20. The van der Waals surface area contributed by atoms with Crippen LogP contribution in [-0.2, 0) is 14.3 Å². The topological polar surface area (TPSA) is 95.9 Å². The predicted molar refractivity (Wildman–Crippen MR) is 329 cm³/mol. The van der Waals surface area contributed by atoms with E-state index in [-0.39, 0.29) is 18.5 Å². The minimum absolute atomic E-state index is 0.0107. The number of amides is 1. The van der Waals surface area contributed by atoms with Gasteiger partial charge in [0.15, 0.2) is 0 Å². The summed E-state index contributed by atoms with van der Waals surface area (Å²) in [6, 6.07) is -0.538. The van der Waals surface area contributed by atoms with E-state index in [0.29, 0.717) is 25.9 Å². The zero-order valence-corrected chi connectivity index (χ0v) is 50.8. The standard InChI is InChI=1S/C69H133NO5/c1-3-5-7-9-11-13-15-16-17-36-39-43-47-51-55-59-63-69(74)75-64-60-56-52-48-44-40-37-34-32-30-28-26-24-22-20-18-19-21-23-25-27-29-31-33-35-38-42-46-50-54-58-62-68(73)70-66(65-71)67(72)61-57-53-49-45-41-14-12-10-8-6-4-2/h17,20,22,36,66-67,71-72H,3-16,18-19,21,23-35,37-65H2,1-2H3,(H,70,73)/b22-20-,36-17-. The van der Waals surface area contributed by atoms with Crippen molar-refractivity contribution in [1.29, 1.82) is 0 Å². The van der Waals surface area contributed by atoms with E-state index in [1.165, 1.54) is 302 Å². The average molecular weight is 1060 g/mol. The highest BCUT2D eigenvalue weighted by atomic mass is 16.5. The second kappa shape index (κ2) is 64.9. The van der Waals surface area contributed by atoms with Gasteiger partial charge in [-0.15, -0.1) is 0 Å². The van der Waals surface area contributed by atoms with Crippen LogP contribution in [0.4, 0.5) is 0 Å². The Kier molecular flexibility index (Phi) is 63.4. The van der Waals surface area contributed by atoms with Gasteiger partial charge in [0.25, 0.3) is 0 Å². The summed E-state index contributed by atoms with van der Waals surface area (Å²) >= 11 is 0. The third kappa shape index (κ3) is 61.4. The van der Waals surface area contributed by atoms with E-state index in [2.05, 4.69) is 43.5 Å². The Morgan fingerprint density at radius 2 is 0.627 bits per heavy atom. The average Bonchev–Trinajstić information content (AvgIpc) is 3.41. The van der Waals surface area contributed by atoms with Crippen LogP contribution in [0.2, 0.25) is 0 Å². The predicted octanol–water partition coefficient (Wildman–Crippen LogP) is 21.8. The second-order valence-corrected chi connectivity index (χ2v) is 23.5. The van der Waals surface area contributed by atoms with Gasteiger partial charge in [-0.3, -0.25) is 9.59 Å². The van der Waals surface area contributed by atoms with Crippen molar-refractivity contribution in [2.75, 3.05) is 13.2 Å². The van der Waals surface area contributed by atoms with Gasteiger partial charge in [-0.25, -0.2) is 0 Å². The fourth-order valence-electron chi connectivity index (χ4n) is 10.7. The van der Waals surface area contributed by atoms with Gasteiger partial charge in [0.2, 0.25) is 5.91 Å². The third-order valence-electron chi connectivity index (χ3n) is 16.0. The second-order valence-electron chi connectivity index (χ2n) is 23.5. The molecule has 2 unspecified atom stereocenters. The van der Waals surface area contributed by atoms with E-state index in [1.54, 1.807) is 0 Å². The lowest BCUT2D eigenvalue weighted by atomic mass is 10.0. The van der Waals surface area contributed by atoms with E-state index in [1.807, 2.05) is 0 Å². The van der Waals surface area contributed by atoms with Crippen molar-refractivity contribution >= 4 is 11.9 Å². The fourth-order valence-corrected chi connectivity index (χ4v) is 10.7. The van der Waals surface area contributed by atoms with Gasteiger partial charge in [-0.2, -0.15) is 0 Å². The Morgan fingerprint density at radius 1 is 0.360 bits per heavy atom. The molecule has 0 spiro atoms. The van der Waals surface area contributed by atoms with Crippen LogP contribution in [-0.4, -0.2) is 47.4 Å². The Balaban J connectivity index is 3.33. The highest BCUT2D eigenvalue weighted by molar-refractivity contribution is 5.76. The van der Waals surface area contributed by atoms with Gasteiger partial charge in [-0.05, 0) is 77.0 Å². The van der Waals surface area contributed by atoms with E-state index in [0.717, 1.165) is 44.9 Å². The van der Waals surface area contributed by atoms with Gasteiger partial charge in [0.05, 0.1) is 25.4 Å². The van der Waals surface area contributed by atoms with Gasteiger partial charge in [0.1, 0.15) is 0 Å². The first kappa shape index (κ1) is 73.3. The lowest BCUT2D eigenvalue weighted by Gasteiger charge is -2.22. The van der Waals surface area contributed by atoms with Crippen molar-refractivity contribution in [3.05, 3.63) is 24.3 Å². The van der Waals surface area contributed by atoms with Crippen LogP contribution in [0.5, 0.6) is 0 Å². The maximum absolute atomic E-state index is 12.5. The number of rotatable bonds is 64. The molecule has 2 atom stereocenters. The van der Waals surface area contributed by atoms with E-state index in [9.17, 15) is 19.8 Å². The largest absolute Gasteiger partial charge is 0.466 e. The molecule has 0 aliphatic heterocycles. The molecule has 0 heterocycles. The molecule has 0 aromatic heterocycles. The van der Waals surface area contributed by atoms with Crippen molar-refractivity contribution < 1.29 is 24.5 Å². The molecule has 444 valence electrons. The highest BCUT2D eigenvalue weighted by Crippen LogP contribution is 2.18. The molecular formula is C69H133NO5. The molecule has 6 heteroatoms. The van der Waals surface area contributed by atoms with Crippen LogP contribution in [0.1, 0.15) is 380 Å². The smallest absolute Gasteiger partial charge is 0.305 e. The van der Waals surface area contributed by atoms with Gasteiger partial charge < -0.3 is 20.3 Å². The van der Waals surface area contributed by atoms with Gasteiger partial charge in [0, 0.05) is 12.8 Å². The summed E-state index contributed by atoms with van der Waals surface area (Å²) < 4.78 is 5.49. The first-order valence-corrected chi connectivity index (χ1v) is 34.1. The molecule has 0 rings (SSSR count). The number of hydrogen-bond acceptors (Lipinski definition) is 5. The van der Waals surface area contributed by atoms with Crippen molar-refractivity contribution in [2.24, 2.45) is 0 Å². The molecule has 1 amide bonds. The Labute approximate surface area is 469 Å². The summed E-state index contributed by atoms with van der Waals surface area (Å²) in [5, 5.41) is 23.2. The molecule has 3 N–H and O–H groups in total. The lowest BCUT2D eigenvalue weighted by Crippen LogP contribution is -2.45. The lowest BCUT2D eigenvalue weighted by molar-refractivity contribution is -0.143. The molecular weight excluding hydrogens is 923 g/mol. The van der Waals surface area contributed by atoms with Gasteiger partial charge in [-0.1, -0.05) is 314 Å². The molecule has 0 aromatic carbocycles. The maximum Gasteiger partial charge on any atom is 0.305 e. The Bertz CT molecular complexity index is 1170. The molecule has 0 aliphatic rings. The van der Waals surface area contributed by atoms with E-state index >= 15 is 0 Å². The summed E-state index contributed by atoms with van der Waals surface area (Å²) in [7, 11) is 0. The number of aliphatic hydroxyl groups is 2. The quantitative estimate of drug-likeness (QED) is 0.0320. The maximum atomic E-state index is 12.5. The first-order chi connectivity index (χ1) is 37.0. The number of hydrogen-bond donors (Lipinski definition) is 3. The summed E-state index contributed by atoms with van der Waals surface area (Å²) in [4.78, 5) is 24.5. The molecule has 0 aromatic rings. The monoisotopic (exact) mass is 1060 g/mol. The summed E-state index contributed by atoms with van der Waals surface area (Å²) in [6.45, 7) is 4.96. The molecule has 0 bridgehead atoms. The van der Waals surface area contributed by atoms with E-state index in [4.69, 9.17) is 4.74 Å². The van der Waals surface area contributed by atoms with Crippen molar-refractivity contribution in [1.82, 2.24) is 5.32 Å². The van der Waals surface area contributed by atoms with Crippen molar-refractivity contribution in [2.45, 2.75) is 392 Å². The zero-order chi connectivity index (χ0) is 54.3. The van der Waals surface area contributed by atoms with E-state index < -0.39 is 12.1 Å².